The van der Waals surface area contributed by atoms with E-state index in [1.54, 1.807) is 0 Å². The molecule has 27 heavy (non-hydrogen) atoms. The van der Waals surface area contributed by atoms with Crippen LogP contribution in [-0.4, -0.2) is 50.0 Å². The fourth-order valence-electron chi connectivity index (χ4n) is 2.25. The van der Waals surface area contributed by atoms with Gasteiger partial charge < -0.3 is 25.2 Å². The van der Waals surface area contributed by atoms with Gasteiger partial charge in [-0.2, -0.15) is 0 Å². The summed E-state index contributed by atoms with van der Waals surface area (Å²) in [5.74, 6) is 1.96. The average Bonchev–Trinajstić information content (AvgIpc) is 2.58. The van der Waals surface area contributed by atoms with Crippen molar-refractivity contribution in [1.82, 2.24) is 10.6 Å². The predicted octanol–water partition coefficient (Wildman–Crippen LogP) is 3.35. The van der Waals surface area contributed by atoms with Crippen LogP contribution in [0.4, 0.5) is 0 Å². The molecule has 0 aliphatic carbocycles. The minimum Gasteiger partial charge on any atom is -0.491 e. The van der Waals surface area contributed by atoms with E-state index in [2.05, 4.69) is 29.5 Å². The van der Waals surface area contributed by atoms with Crippen molar-refractivity contribution in [2.45, 2.75) is 46.8 Å². The van der Waals surface area contributed by atoms with Gasteiger partial charge in [-0.25, -0.2) is 0 Å². The molecule has 0 saturated carbocycles. The van der Waals surface area contributed by atoms with Crippen LogP contribution < -0.4 is 15.4 Å². The van der Waals surface area contributed by atoms with E-state index in [1.807, 2.05) is 45.0 Å². The summed E-state index contributed by atoms with van der Waals surface area (Å²) in [5, 5.41) is 16.8. The Morgan fingerprint density at radius 3 is 2.56 bits per heavy atom. The lowest BCUT2D eigenvalue weighted by molar-refractivity contribution is 0.114. The fraction of sp³-hybridized carbons (Fsp3) is 0.650. The lowest BCUT2D eigenvalue weighted by Crippen LogP contribution is -2.39. The van der Waals surface area contributed by atoms with E-state index in [-0.39, 0.29) is 36.6 Å². The zero-order valence-corrected chi connectivity index (χ0v) is 19.5. The average molecular weight is 493 g/mol. The first-order valence-electron chi connectivity index (χ1n) is 9.47. The van der Waals surface area contributed by atoms with Gasteiger partial charge in [0.1, 0.15) is 5.75 Å². The van der Waals surface area contributed by atoms with Crippen LogP contribution in [0.5, 0.6) is 5.75 Å². The van der Waals surface area contributed by atoms with Gasteiger partial charge in [-0.15, -0.1) is 24.0 Å². The number of aliphatic imine (C=N–C) groups is 1. The number of nitrogens with zero attached hydrogens (tertiary/aromatic N) is 1. The van der Waals surface area contributed by atoms with Crippen molar-refractivity contribution in [3.8, 4) is 5.75 Å². The SMILES string of the molecule is CCNC(=NCC(O)c1cccc(OC(C)C)c1)NCCOCC(C)C.I. The number of hydrogen-bond donors (Lipinski definition) is 3. The molecule has 0 fully saturated rings. The predicted molar refractivity (Wildman–Crippen MR) is 122 cm³/mol. The molecule has 0 bridgehead atoms. The molecule has 0 amide bonds. The zero-order valence-electron chi connectivity index (χ0n) is 17.2. The van der Waals surface area contributed by atoms with Crippen molar-refractivity contribution < 1.29 is 14.6 Å². The Kier molecular flexibility index (Phi) is 14.3. The molecular formula is C20H36IN3O3. The van der Waals surface area contributed by atoms with Gasteiger partial charge in [0.05, 0.1) is 25.4 Å². The molecule has 1 aromatic rings. The number of aliphatic hydroxyl groups excluding tert-OH is 1. The number of guanidine groups is 1. The molecule has 0 aromatic heterocycles. The van der Waals surface area contributed by atoms with Crippen LogP contribution in [0, 0.1) is 5.92 Å². The minimum atomic E-state index is -0.682. The van der Waals surface area contributed by atoms with Crippen molar-refractivity contribution >= 4 is 29.9 Å². The van der Waals surface area contributed by atoms with Crippen molar-refractivity contribution in [3.63, 3.8) is 0 Å². The third-order valence-corrected chi connectivity index (χ3v) is 3.37. The summed E-state index contributed by atoms with van der Waals surface area (Å²) in [5.41, 5.74) is 0.794. The number of ether oxygens (including phenoxy) is 2. The molecule has 156 valence electrons. The molecule has 3 N–H and O–H groups in total. The topological polar surface area (TPSA) is 75.1 Å². The van der Waals surface area contributed by atoms with Gasteiger partial charge in [0.2, 0.25) is 0 Å². The molecule has 7 heteroatoms. The number of halogens is 1. The first-order valence-corrected chi connectivity index (χ1v) is 9.47. The second-order valence-electron chi connectivity index (χ2n) is 6.87. The van der Waals surface area contributed by atoms with Gasteiger partial charge >= 0.3 is 0 Å². The van der Waals surface area contributed by atoms with Crippen molar-refractivity contribution in [2.24, 2.45) is 10.9 Å². The van der Waals surface area contributed by atoms with Crippen LogP contribution in [-0.2, 0) is 4.74 Å². The minimum absolute atomic E-state index is 0. The highest BCUT2D eigenvalue weighted by Gasteiger charge is 2.09. The van der Waals surface area contributed by atoms with E-state index in [4.69, 9.17) is 9.47 Å². The highest BCUT2D eigenvalue weighted by Crippen LogP contribution is 2.20. The lowest BCUT2D eigenvalue weighted by atomic mass is 10.1. The Morgan fingerprint density at radius 2 is 1.93 bits per heavy atom. The maximum absolute atomic E-state index is 10.4. The molecule has 0 heterocycles. The van der Waals surface area contributed by atoms with Gasteiger partial charge in [0.25, 0.3) is 0 Å². The molecule has 0 radical (unpaired) electrons. The van der Waals surface area contributed by atoms with Crippen LogP contribution >= 0.6 is 24.0 Å². The fourth-order valence-corrected chi connectivity index (χ4v) is 2.25. The smallest absolute Gasteiger partial charge is 0.191 e. The Balaban J connectivity index is 0.00000676. The largest absolute Gasteiger partial charge is 0.491 e. The lowest BCUT2D eigenvalue weighted by Gasteiger charge is -2.15. The molecule has 0 spiro atoms. The maximum atomic E-state index is 10.4. The van der Waals surface area contributed by atoms with E-state index in [1.165, 1.54) is 0 Å². The van der Waals surface area contributed by atoms with E-state index >= 15 is 0 Å². The molecule has 0 aliphatic rings. The molecule has 1 unspecified atom stereocenters. The van der Waals surface area contributed by atoms with E-state index in [0.717, 1.165) is 24.5 Å². The number of benzene rings is 1. The van der Waals surface area contributed by atoms with Crippen LogP contribution in [0.15, 0.2) is 29.3 Å². The van der Waals surface area contributed by atoms with Crippen LogP contribution in [0.25, 0.3) is 0 Å². The third-order valence-electron chi connectivity index (χ3n) is 3.37. The summed E-state index contributed by atoms with van der Waals surface area (Å²) >= 11 is 0. The number of nitrogens with one attached hydrogen (secondary N) is 2. The second kappa shape index (κ2) is 14.9. The van der Waals surface area contributed by atoms with Crippen molar-refractivity contribution in [2.75, 3.05) is 32.8 Å². The summed E-state index contributed by atoms with van der Waals surface area (Å²) in [4.78, 5) is 4.46. The molecule has 0 aliphatic heterocycles. The van der Waals surface area contributed by atoms with Gasteiger partial charge in [-0.1, -0.05) is 26.0 Å². The second-order valence-corrected chi connectivity index (χ2v) is 6.87. The molecule has 0 saturated heterocycles. The summed E-state index contributed by atoms with van der Waals surface area (Å²) in [7, 11) is 0. The van der Waals surface area contributed by atoms with Gasteiger partial charge in [0, 0.05) is 19.7 Å². The molecule has 1 atom stereocenters. The van der Waals surface area contributed by atoms with Gasteiger partial charge in [-0.3, -0.25) is 4.99 Å². The van der Waals surface area contributed by atoms with E-state index < -0.39 is 6.10 Å². The van der Waals surface area contributed by atoms with E-state index in [9.17, 15) is 5.11 Å². The summed E-state index contributed by atoms with van der Waals surface area (Å²) in [6.07, 6.45) is -0.582. The maximum Gasteiger partial charge on any atom is 0.191 e. The first kappa shape index (κ1) is 25.9. The number of aliphatic hydroxyl groups is 1. The highest BCUT2D eigenvalue weighted by atomic mass is 127. The molecular weight excluding hydrogens is 457 g/mol. The standard InChI is InChI=1S/C20H35N3O3.HI/c1-6-21-20(22-10-11-25-14-15(2)3)23-13-19(24)17-8-7-9-18(12-17)26-16(4)5;/h7-9,12,15-16,19,24H,6,10-11,13-14H2,1-5H3,(H2,21,22,23);1H. The normalized spacial score (nSPS) is 12.7. The van der Waals surface area contributed by atoms with Gasteiger partial charge in [0.15, 0.2) is 5.96 Å². The summed E-state index contributed by atoms with van der Waals surface area (Å²) < 4.78 is 11.2. The highest BCUT2D eigenvalue weighted by molar-refractivity contribution is 14.0. The van der Waals surface area contributed by atoms with Crippen LogP contribution in [0.3, 0.4) is 0 Å². The Labute approximate surface area is 181 Å². The van der Waals surface area contributed by atoms with Gasteiger partial charge in [-0.05, 0) is 44.4 Å². The summed E-state index contributed by atoms with van der Waals surface area (Å²) in [6, 6.07) is 7.52. The summed E-state index contributed by atoms with van der Waals surface area (Å²) in [6.45, 7) is 13.3. The Morgan fingerprint density at radius 1 is 1.19 bits per heavy atom. The molecule has 1 rings (SSSR count). The van der Waals surface area contributed by atoms with Crippen LogP contribution in [0.2, 0.25) is 0 Å². The monoisotopic (exact) mass is 493 g/mol. The van der Waals surface area contributed by atoms with Crippen molar-refractivity contribution in [3.05, 3.63) is 29.8 Å². The molecule has 1 aromatic carbocycles. The zero-order chi connectivity index (χ0) is 19.4. The Bertz CT molecular complexity index is 539. The molecule has 6 nitrogen and oxygen atoms in total. The number of rotatable bonds is 11. The first-order chi connectivity index (χ1) is 12.4. The number of hydrogen-bond acceptors (Lipinski definition) is 4. The van der Waals surface area contributed by atoms with Crippen LogP contribution in [0.1, 0.15) is 46.3 Å². The van der Waals surface area contributed by atoms with Crippen molar-refractivity contribution in [1.29, 1.82) is 0 Å². The van der Waals surface area contributed by atoms with E-state index in [0.29, 0.717) is 25.0 Å². The third kappa shape index (κ3) is 12.1. The Hall–Kier alpha value is -1.06. The quantitative estimate of drug-likeness (QED) is 0.191.